The van der Waals surface area contributed by atoms with E-state index in [1.807, 2.05) is 6.92 Å². The van der Waals surface area contributed by atoms with Crippen molar-refractivity contribution in [2.45, 2.75) is 78.4 Å². The second kappa shape index (κ2) is 6.91. The fourth-order valence-electron chi connectivity index (χ4n) is 3.33. The molecule has 18 heavy (non-hydrogen) atoms. The molecule has 1 aliphatic carbocycles. The first-order valence-corrected chi connectivity index (χ1v) is 7.76. The van der Waals surface area contributed by atoms with Gasteiger partial charge < -0.3 is 10.4 Å². The summed E-state index contributed by atoms with van der Waals surface area (Å²) in [6, 6.07) is 0.616. The maximum absolute atomic E-state index is 10.3. The molecule has 1 aliphatic rings. The summed E-state index contributed by atoms with van der Waals surface area (Å²) in [4.78, 5) is 0. The Hall–Kier alpha value is -0.0800. The highest BCUT2D eigenvalue weighted by atomic mass is 16.3. The molecule has 0 radical (unpaired) electrons. The summed E-state index contributed by atoms with van der Waals surface area (Å²) in [6.07, 6.45) is 6.17. The summed E-state index contributed by atoms with van der Waals surface area (Å²) in [6.45, 7) is 11.7. The minimum Gasteiger partial charge on any atom is -0.389 e. The summed E-state index contributed by atoms with van der Waals surface area (Å²) in [5, 5.41) is 13.9. The van der Waals surface area contributed by atoms with Crippen LogP contribution in [0.15, 0.2) is 0 Å². The van der Waals surface area contributed by atoms with E-state index in [1.165, 1.54) is 25.7 Å². The summed E-state index contributed by atoms with van der Waals surface area (Å²) >= 11 is 0. The van der Waals surface area contributed by atoms with E-state index in [0.717, 1.165) is 24.8 Å². The lowest BCUT2D eigenvalue weighted by molar-refractivity contribution is 0.0331. The van der Waals surface area contributed by atoms with Crippen LogP contribution in [-0.2, 0) is 0 Å². The molecule has 2 heteroatoms. The van der Waals surface area contributed by atoms with Crippen LogP contribution in [-0.4, -0.2) is 23.3 Å². The predicted octanol–water partition coefficient (Wildman–Crippen LogP) is 3.59. The van der Waals surface area contributed by atoms with Gasteiger partial charge in [-0.2, -0.15) is 0 Å². The fraction of sp³-hybridized carbons (Fsp3) is 1.00. The molecule has 0 bridgehead atoms. The topological polar surface area (TPSA) is 32.3 Å². The molecule has 2 nitrogen and oxygen atoms in total. The average molecular weight is 255 g/mol. The van der Waals surface area contributed by atoms with Crippen molar-refractivity contribution in [3.8, 4) is 0 Å². The summed E-state index contributed by atoms with van der Waals surface area (Å²) in [7, 11) is 0. The molecule has 3 atom stereocenters. The molecule has 0 aromatic rings. The van der Waals surface area contributed by atoms with Crippen molar-refractivity contribution in [3.63, 3.8) is 0 Å². The first-order valence-electron chi connectivity index (χ1n) is 7.76. The number of hydrogen-bond acceptors (Lipinski definition) is 2. The van der Waals surface area contributed by atoms with Crippen molar-refractivity contribution in [1.29, 1.82) is 0 Å². The first-order chi connectivity index (χ1) is 8.30. The van der Waals surface area contributed by atoms with Crippen LogP contribution in [0, 0.1) is 17.8 Å². The van der Waals surface area contributed by atoms with Gasteiger partial charge in [0.05, 0.1) is 5.60 Å². The minimum atomic E-state index is -0.557. The van der Waals surface area contributed by atoms with Gasteiger partial charge in [-0.3, -0.25) is 0 Å². The Morgan fingerprint density at radius 3 is 2.44 bits per heavy atom. The van der Waals surface area contributed by atoms with E-state index < -0.39 is 5.60 Å². The maximum Gasteiger partial charge on any atom is 0.0746 e. The van der Waals surface area contributed by atoms with Crippen LogP contribution in [0.4, 0.5) is 0 Å². The van der Waals surface area contributed by atoms with E-state index in [9.17, 15) is 5.11 Å². The fourth-order valence-corrected chi connectivity index (χ4v) is 3.33. The van der Waals surface area contributed by atoms with Crippen LogP contribution in [0.25, 0.3) is 0 Å². The molecule has 0 aromatic carbocycles. The van der Waals surface area contributed by atoms with Gasteiger partial charge in [0, 0.05) is 12.6 Å². The molecule has 3 unspecified atom stereocenters. The maximum atomic E-state index is 10.3. The highest BCUT2D eigenvalue weighted by Crippen LogP contribution is 2.30. The zero-order valence-electron chi connectivity index (χ0n) is 13.0. The zero-order chi connectivity index (χ0) is 13.8. The Kier molecular flexibility index (Phi) is 6.13. The molecular weight excluding hydrogens is 222 g/mol. The van der Waals surface area contributed by atoms with Crippen molar-refractivity contribution in [2.75, 3.05) is 6.54 Å². The van der Waals surface area contributed by atoms with E-state index in [-0.39, 0.29) is 0 Å². The van der Waals surface area contributed by atoms with Crippen molar-refractivity contribution < 1.29 is 5.11 Å². The SMILES string of the molecule is CC(C)CC(C)(O)CNC1CCCC(C(C)C)C1. The van der Waals surface area contributed by atoms with E-state index in [0.29, 0.717) is 12.0 Å². The second-order valence-corrected chi connectivity index (χ2v) is 7.34. The Bertz CT molecular complexity index is 235. The van der Waals surface area contributed by atoms with E-state index >= 15 is 0 Å². The highest BCUT2D eigenvalue weighted by Gasteiger charge is 2.27. The monoisotopic (exact) mass is 255 g/mol. The smallest absolute Gasteiger partial charge is 0.0746 e. The summed E-state index contributed by atoms with van der Waals surface area (Å²) in [5.74, 6) is 2.22. The number of nitrogens with one attached hydrogen (secondary N) is 1. The third-order valence-electron chi connectivity index (χ3n) is 4.28. The van der Waals surface area contributed by atoms with Gasteiger partial charge in [0.1, 0.15) is 0 Å². The molecule has 0 aliphatic heterocycles. The lowest BCUT2D eigenvalue weighted by Crippen LogP contribution is -2.45. The molecule has 108 valence electrons. The normalized spacial score (nSPS) is 28.7. The van der Waals surface area contributed by atoms with Gasteiger partial charge in [-0.05, 0) is 43.9 Å². The minimum absolute atomic E-state index is 0.552. The van der Waals surface area contributed by atoms with Crippen LogP contribution < -0.4 is 5.32 Å². The largest absolute Gasteiger partial charge is 0.389 e. The van der Waals surface area contributed by atoms with Gasteiger partial charge in [-0.25, -0.2) is 0 Å². The van der Waals surface area contributed by atoms with Crippen molar-refractivity contribution in [1.82, 2.24) is 5.32 Å². The number of rotatable bonds is 6. The molecule has 0 heterocycles. The molecular formula is C16H33NO. The third kappa shape index (κ3) is 5.71. The average Bonchev–Trinajstić information content (AvgIpc) is 2.25. The van der Waals surface area contributed by atoms with Crippen LogP contribution in [0.5, 0.6) is 0 Å². The van der Waals surface area contributed by atoms with Crippen LogP contribution in [0.2, 0.25) is 0 Å². The first kappa shape index (κ1) is 16.0. The lowest BCUT2D eigenvalue weighted by atomic mass is 9.79. The van der Waals surface area contributed by atoms with Crippen LogP contribution >= 0.6 is 0 Å². The van der Waals surface area contributed by atoms with Gasteiger partial charge in [0.15, 0.2) is 0 Å². The molecule has 0 saturated heterocycles. The quantitative estimate of drug-likeness (QED) is 0.760. The van der Waals surface area contributed by atoms with Gasteiger partial charge >= 0.3 is 0 Å². The van der Waals surface area contributed by atoms with Gasteiger partial charge in [0.2, 0.25) is 0 Å². The Morgan fingerprint density at radius 1 is 1.22 bits per heavy atom. The molecule has 1 fully saturated rings. The third-order valence-corrected chi connectivity index (χ3v) is 4.28. The Labute approximate surface area is 114 Å². The van der Waals surface area contributed by atoms with Crippen molar-refractivity contribution >= 4 is 0 Å². The van der Waals surface area contributed by atoms with Crippen molar-refractivity contribution in [2.24, 2.45) is 17.8 Å². The van der Waals surface area contributed by atoms with Crippen LogP contribution in [0.1, 0.15) is 66.7 Å². The Balaban J connectivity index is 2.34. The molecule has 0 spiro atoms. The second-order valence-electron chi connectivity index (χ2n) is 7.34. The standard InChI is InChI=1S/C16H33NO/c1-12(2)10-16(5,18)11-17-15-8-6-7-14(9-15)13(3)4/h12-15,17-18H,6-11H2,1-5H3. The number of aliphatic hydroxyl groups is 1. The molecule has 1 saturated carbocycles. The zero-order valence-corrected chi connectivity index (χ0v) is 13.0. The molecule has 1 rings (SSSR count). The van der Waals surface area contributed by atoms with Crippen molar-refractivity contribution in [3.05, 3.63) is 0 Å². The number of hydrogen-bond donors (Lipinski definition) is 2. The predicted molar refractivity (Wildman–Crippen MR) is 78.7 cm³/mol. The molecule has 0 aromatic heterocycles. The lowest BCUT2D eigenvalue weighted by Gasteiger charge is -2.34. The van der Waals surface area contributed by atoms with Gasteiger partial charge in [-0.1, -0.05) is 40.5 Å². The summed E-state index contributed by atoms with van der Waals surface area (Å²) < 4.78 is 0. The van der Waals surface area contributed by atoms with E-state index in [4.69, 9.17) is 0 Å². The molecule has 0 amide bonds. The van der Waals surface area contributed by atoms with Crippen LogP contribution in [0.3, 0.4) is 0 Å². The van der Waals surface area contributed by atoms with Gasteiger partial charge in [0.25, 0.3) is 0 Å². The van der Waals surface area contributed by atoms with Gasteiger partial charge in [-0.15, -0.1) is 0 Å². The molecule has 2 N–H and O–H groups in total. The van der Waals surface area contributed by atoms with E-state index in [2.05, 4.69) is 33.0 Å². The summed E-state index contributed by atoms with van der Waals surface area (Å²) in [5.41, 5.74) is -0.557. The van der Waals surface area contributed by atoms with E-state index in [1.54, 1.807) is 0 Å². The highest BCUT2D eigenvalue weighted by molar-refractivity contribution is 4.83. The Morgan fingerprint density at radius 2 is 1.89 bits per heavy atom.